The number of nitrogens with one attached hydrogen (secondary N) is 1. The second-order valence-electron chi connectivity index (χ2n) is 4.83. The molecule has 7 heteroatoms. The van der Waals surface area contributed by atoms with Gasteiger partial charge in [-0.15, -0.1) is 0 Å². The van der Waals surface area contributed by atoms with Crippen molar-refractivity contribution < 1.29 is 8.42 Å². The Hall–Kier alpha value is -0.240. The lowest BCUT2D eigenvalue weighted by atomic mass is 10.3. The zero-order valence-corrected chi connectivity index (χ0v) is 14.6. The SMILES string of the molecule is CS(=O)(=O)C1CSCCN1CCNc1cccc(Br)c1. The van der Waals surface area contributed by atoms with Crippen LogP contribution in [0.15, 0.2) is 28.7 Å². The van der Waals surface area contributed by atoms with Crippen LogP contribution in [0.5, 0.6) is 0 Å². The molecule has 1 aromatic rings. The molecule has 0 aromatic heterocycles. The fourth-order valence-electron chi connectivity index (χ4n) is 2.21. The Kier molecular flexibility index (Phi) is 5.77. The summed E-state index contributed by atoms with van der Waals surface area (Å²) in [6, 6.07) is 7.97. The Labute approximate surface area is 133 Å². The van der Waals surface area contributed by atoms with Gasteiger partial charge in [0, 0.05) is 47.6 Å². The molecule has 0 radical (unpaired) electrons. The Morgan fingerprint density at radius 2 is 2.30 bits per heavy atom. The number of halogens is 1. The van der Waals surface area contributed by atoms with E-state index in [0.29, 0.717) is 5.75 Å². The van der Waals surface area contributed by atoms with Crippen LogP contribution in [-0.4, -0.2) is 56.1 Å². The molecular weight excluding hydrogens is 360 g/mol. The third-order valence-electron chi connectivity index (χ3n) is 3.24. The molecule has 112 valence electrons. The van der Waals surface area contributed by atoms with Gasteiger partial charge in [0.25, 0.3) is 0 Å². The Morgan fingerprint density at radius 1 is 1.50 bits per heavy atom. The Balaban J connectivity index is 1.89. The largest absolute Gasteiger partial charge is 0.384 e. The van der Waals surface area contributed by atoms with E-state index in [9.17, 15) is 8.42 Å². The third kappa shape index (κ3) is 4.65. The van der Waals surface area contributed by atoms with E-state index in [2.05, 4.69) is 26.1 Å². The molecule has 0 aliphatic carbocycles. The highest BCUT2D eigenvalue weighted by atomic mass is 79.9. The molecule has 0 amide bonds. The molecular formula is C13H19BrN2O2S2. The van der Waals surface area contributed by atoms with E-state index in [1.54, 1.807) is 11.8 Å². The first-order valence-corrected chi connectivity index (χ1v) is 10.4. The van der Waals surface area contributed by atoms with Crippen LogP contribution < -0.4 is 5.32 Å². The van der Waals surface area contributed by atoms with Crippen molar-refractivity contribution in [2.75, 3.05) is 42.7 Å². The summed E-state index contributed by atoms with van der Waals surface area (Å²) < 4.78 is 24.6. The standard InChI is InChI=1S/C13H19BrN2O2S2/c1-20(17,18)13-10-19-8-7-16(13)6-5-15-12-4-2-3-11(14)9-12/h2-4,9,13,15H,5-8,10H2,1H3. The number of nitrogens with zero attached hydrogens (tertiary/aromatic N) is 1. The van der Waals surface area contributed by atoms with Crippen molar-refractivity contribution in [1.82, 2.24) is 4.90 Å². The predicted molar refractivity (Wildman–Crippen MR) is 90.2 cm³/mol. The molecule has 1 heterocycles. The number of hydrogen-bond acceptors (Lipinski definition) is 5. The maximum absolute atomic E-state index is 11.8. The van der Waals surface area contributed by atoms with Crippen molar-refractivity contribution in [3.8, 4) is 0 Å². The number of rotatable bonds is 5. The van der Waals surface area contributed by atoms with Crippen LogP contribution in [0.2, 0.25) is 0 Å². The molecule has 1 aliphatic rings. The quantitative estimate of drug-likeness (QED) is 0.851. The summed E-state index contributed by atoms with van der Waals surface area (Å²) in [5.74, 6) is 1.68. The van der Waals surface area contributed by atoms with Crippen LogP contribution >= 0.6 is 27.7 Å². The average molecular weight is 379 g/mol. The Bertz CT molecular complexity index is 551. The van der Waals surface area contributed by atoms with Gasteiger partial charge in [0.2, 0.25) is 0 Å². The normalized spacial score (nSPS) is 20.8. The summed E-state index contributed by atoms with van der Waals surface area (Å²) in [5.41, 5.74) is 1.04. The summed E-state index contributed by atoms with van der Waals surface area (Å²) in [7, 11) is -3.01. The molecule has 1 N–H and O–H groups in total. The second-order valence-corrected chi connectivity index (χ2v) is 9.10. The van der Waals surface area contributed by atoms with Crippen LogP contribution in [-0.2, 0) is 9.84 Å². The number of sulfone groups is 1. The van der Waals surface area contributed by atoms with Gasteiger partial charge >= 0.3 is 0 Å². The molecule has 0 saturated carbocycles. The zero-order chi connectivity index (χ0) is 14.6. The molecule has 2 rings (SSSR count). The summed E-state index contributed by atoms with van der Waals surface area (Å²) in [4.78, 5) is 2.07. The van der Waals surface area contributed by atoms with Crippen molar-refractivity contribution in [2.45, 2.75) is 5.37 Å². The number of anilines is 1. The van der Waals surface area contributed by atoms with Gasteiger partial charge in [-0.05, 0) is 18.2 Å². The lowest BCUT2D eigenvalue weighted by molar-refractivity contribution is 0.281. The average Bonchev–Trinajstić information content (AvgIpc) is 2.38. The maximum Gasteiger partial charge on any atom is 0.164 e. The fourth-order valence-corrected chi connectivity index (χ4v) is 5.58. The summed E-state index contributed by atoms with van der Waals surface area (Å²) in [6.45, 7) is 2.32. The van der Waals surface area contributed by atoms with Crippen LogP contribution in [0.4, 0.5) is 5.69 Å². The third-order valence-corrected chi connectivity index (χ3v) is 6.42. The fraction of sp³-hybridized carbons (Fsp3) is 0.538. The van der Waals surface area contributed by atoms with Crippen molar-refractivity contribution in [3.63, 3.8) is 0 Å². The first kappa shape index (κ1) is 16.1. The monoisotopic (exact) mass is 378 g/mol. The molecule has 1 fully saturated rings. The highest BCUT2D eigenvalue weighted by molar-refractivity contribution is 9.10. The summed E-state index contributed by atoms with van der Waals surface area (Å²) >= 11 is 5.15. The lowest BCUT2D eigenvalue weighted by Gasteiger charge is -2.34. The molecule has 20 heavy (non-hydrogen) atoms. The lowest BCUT2D eigenvalue weighted by Crippen LogP contribution is -2.48. The van der Waals surface area contributed by atoms with Gasteiger partial charge in [0.1, 0.15) is 5.37 Å². The molecule has 1 unspecified atom stereocenters. The minimum Gasteiger partial charge on any atom is -0.384 e. The first-order chi connectivity index (χ1) is 9.47. The molecule has 0 spiro atoms. The summed E-state index contributed by atoms with van der Waals surface area (Å²) in [6.07, 6.45) is 1.33. The van der Waals surface area contributed by atoms with Gasteiger partial charge in [0.15, 0.2) is 9.84 Å². The van der Waals surface area contributed by atoms with E-state index in [4.69, 9.17) is 0 Å². The van der Waals surface area contributed by atoms with E-state index < -0.39 is 9.84 Å². The summed E-state index contributed by atoms with van der Waals surface area (Å²) in [5, 5.41) is 2.99. The predicted octanol–water partition coefficient (Wildman–Crippen LogP) is 2.28. The molecule has 1 aromatic carbocycles. The van der Waals surface area contributed by atoms with Crippen LogP contribution in [0, 0.1) is 0 Å². The minimum absolute atomic E-state index is 0.342. The Morgan fingerprint density at radius 3 is 3.00 bits per heavy atom. The van der Waals surface area contributed by atoms with Gasteiger partial charge in [0.05, 0.1) is 0 Å². The minimum atomic E-state index is -3.01. The van der Waals surface area contributed by atoms with E-state index >= 15 is 0 Å². The van der Waals surface area contributed by atoms with Gasteiger partial charge < -0.3 is 5.32 Å². The van der Waals surface area contributed by atoms with Crippen LogP contribution in [0.1, 0.15) is 0 Å². The smallest absolute Gasteiger partial charge is 0.164 e. The van der Waals surface area contributed by atoms with Crippen molar-refractivity contribution in [3.05, 3.63) is 28.7 Å². The van der Waals surface area contributed by atoms with Crippen molar-refractivity contribution >= 4 is 43.2 Å². The first-order valence-electron chi connectivity index (χ1n) is 6.47. The molecule has 1 atom stereocenters. The van der Waals surface area contributed by atoms with Gasteiger partial charge in [-0.3, -0.25) is 4.90 Å². The topological polar surface area (TPSA) is 49.4 Å². The van der Waals surface area contributed by atoms with E-state index in [1.807, 2.05) is 24.3 Å². The second kappa shape index (κ2) is 7.15. The molecule has 1 aliphatic heterocycles. The highest BCUT2D eigenvalue weighted by Gasteiger charge is 2.30. The molecule has 0 bridgehead atoms. The maximum atomic E-state index is 11.8. The highest BCUT2D eigenvalue weighted by Crippen LogP contribution is 2.20. The van der Waals surface area contributed by atoms with Crippen molar-refractivity contribution in [2.24, 2.45) is 0 Å². The number of hydrogen-bond donors (Lipinski definition) is 1. The number of benzene rings is 1. The molecule has 1 saturated heterocycles. The van der Waals surface area contributed by atoms with E-state index in [1.165, 1.54) is 6.26 Å². The van der Waals surface area contributed by atoms with Crippen LogP contribution in [0.25, 0.3) is 0 Å². The number of thioether (sulfide) groups is 1. The van der Waals surface area contributed by atoms with Gasteiger partial charge in [-0.1, -0.05) is 22.0 Å². The van der Waals surface area contributed by atoms with Crippen molar-refractivity contribution in [1.29, 1.82) is 0 Å². The zero-order valence-electron chi connectivity index (χ0n) is 11.4. The van der Waals surface area contributed by atoms with Gasteiger partial charge in [-0.2, -0.15) is 11.8 Å². The molecule has 4 nitrogen and oxygen atoms in total. The van der Waals surface area contributed by atoms with Crippen LogP contribution in [0.3, 0.4) is 0 Å². The van der Waals surface area contributed by atoms with Gasteiger partial charge in [-0.25, -0.2) is 8.42 Å². The van der Waals surface area contributed by atoms with E-state index in [-0.39, 0.29) is 5.37 Å². The van der Waals surface area contributed by atoms with E-state index in [0.717, 1.165) is 35.5 Å².